The summed E-state index contributed by atoms with van der Waals surface area (Å²) in [7, 11) is 0. The van der Waals surface area contributed by atoms with Gasteiger partial charge in [-0.2, -0.15) is 0 Å². The first-order valence-electron chi connectivity index (χ1n) is 3.11. The summed E-state index contributed by atoms with van der Waals surface area (Å²) in [5, 5.41) is 0.392. The molecule has 11 heavy (non-hydrogen) atoms. The summed E-state index contributed by atoms with van der Waals surface area (Å²) < 4.78 is 12.5. The largest absolute Gasteiger partial charge is 0.271 e. The Balaban J connectivity index is 2.90. The molecule has 0 aliphatic heterocycles. The molecule has 0 atom stereocenters. The van der Waals surface area contributed by atoms with Crippen molar-refractivity contribution in [3.05, 3.63) is 34.6 Å². The van der Waals surface area contributed by atoms with Gasteiger partial charge in [-0.05, 0) is 17.7 Å². The molecule has 3 N–H and O–H groups in total. The molecule has 1 rings (SSSR count). The fraction of sp³-hybridized carbons (Fsp3) is 0.143. The summed E-state index contributed by atoms with van der Waals surface area (Å²) in [5.74, 6) is 4.73. The van der Waals surface area contributed by atoms with Gasteiger partial charge in [-0.3, -0.25) is 11.3 Å². The molecule has 0 unspecified atom stereocenters. The Hall–Kier alpha value is -0.640. The van der Waals surface area contributed by atoms with E-state index in [0.29, 0.717) is 11.6 Å². The third-order valence-electron chi connectivity index (χ3n) is 1.31. The molecule has 60 valence electrons. The molecule has 0 radical (unpaired) electrons. The molecule has 0 saturated carbocycles. The Morgan fingerprint density at radius 2 is 2.27 bits per heavy atom. The summed E-state index contributed by atoms with van der Waals surface area (Å²) >= 11 is 5.67. The molecule has 0 amide bonds. The van der Waals surface area contributed by atoms with Gasteiger partial charge in [0.1, 0.15) is 5.82 Å². The van der Waals surface area contributed by atoms with E-state index in [0.717, 1.165) is 5.56 Å². The van der Waals surface area contributed by atoms with Crippen molar-refractivity contribution in [2.45, 2.75) is 6.54 Å². The van der Waals surface area contributed by atoms with Crippen molar-refractivity contribution >= 4 is 11.6 Å². The van der Waals surface area contributed by atoms with Crippen molar-refractivity contribution in [1.29, 1.82) is 0 Å². The molecular formula is C7H8ClFN2. The number of hydrogen-bond donors (Lipinski definition) is 2. The second-order valence-electron chi connectivity index (χ2n) is 2.12. The van der Waals surface area contributed by atoms with Crippen LogP contribution in [0.1, 0.15) is 5.56 Å². The molecule has 4 heteroatoms. The number of rotatable bonds is 2. The summed E-state index contributed by atoms with van der Waals surface area (Å²) in [6.07, 6.45) is 0. The lowest BCUT2D eigenvalue weighted by atomic mass is 10.2. The van der Waals surface area contributed by atoms with Crippen LogP contribution in [0.4, 0.5) is 4.39 Å². The van der Waals surface area contributed by atoms with Crippen molar-refractivity contribution in [2.24, 2.45) is 5.84 Å². The van der Waals surface area contributed by atoms with Gasteiger partial charge in [0.15, 0.2) is 0 Å². The SMILES string of the molecule is NNCc1ccc(F)cc1Cl. The summed E-state index contributed by atoms with van der Waals surface area (Å²) in [4.78, 5) is 0. The standard InChI is InChI=1S/C7H8ClFN2/c8-7-3-6(9)2-1-5(7)4-11-10/h1-3,11H,4,10H2. The fourth-order valence-corrected chi connectivity index (χ4v) is 1.01. The van der Waals surface area contributed by atoms with Crippen LogP contribution in [0.3, 0.4) is 0 Å². The normalized spacial score (nSPS) is 10.1. The van der Waals surface area contributed by atoms with Crippen LogP contribution in [-0.2, 0) is 6.54 Å². The van der Waals surface area contributed by atoms with Crippen molar-refractivity contribution in [3.8, 4) is 0 Å². The molecule has 0 saturated heterocycles. The fourth-order valence-electron chi connectivity index (χ4n) is 0.775. The minimum absolute atomic E-state index is 0.337. The number of nitrogens with two attached hydrogens (primary N) is 1. The van der Waals surface area contributed by atoms with E-state index in [1.54, 1.807) is 6.07 Å². The number of hydrogen-bond acceptors (Lipinski definition) is 2. The van der Waals surface area contributed by atoms with Crippen LogP contribution in [0.15, 0.2) is 18.2 Å². The molecule has 0 fully saturated rings. The number of nitrogens with one attached hydrogen (secondary N) is 1. The van der Waals surface area contributed by atoms with Gasteiger partial charge >= 0.3 is 0 Å². The highest BCUT2D eigenvalue weighted by atomic mass is 35.5. The van der Waals surface area contributed by atoms with Crippen molar-refractivity contribution in [2.75, 3.05) is 0 Å². The first-order valence-corrected chi connectivity index (χ1v) is 3.49. The molecular weight excluding hydrogens is 167 g/mol. The Kier molecular flexibility index (Phi) is 2.82. The average molecular weight is 175 g/mol. The zero-order valence-corrected chi connectivity index (χ0v) is 6.53. The van der Waals surface area contributed by atoms with Crippen molar-refractivity contribution in [1.82, 2.24) is 5.43 Å². The van der Waals surface area contributed by atoms with E-state index in [1.807, 2.05) is 0 Å². The summed E-state index contributed by atoms with van der Waals surface area (Å²) in [5.41, 5.74) is 3.22. The highest BCUT2D eigenvalue weighted by Crippen LogP contribution is 2.16. The molecule has 1 aromatic carbocycles. The van der Waals surface area contributed by atoms with Gasteiger partial charge in [0, 0.05) is 11.6 Å². The van der Waals surface area contributed by atoms with Gasteiger partial charge in [-0.25, -0.2) is 4.39 Å². The van der Waals surface area contributed by atoms with Crippen LogP contribution >= 0.6 is 11.6 Å². The van der Waals surface area contributed by atoms with Gasteiger partial charge in [0.2, 0.25) is 0 Å². The van der Waals surface area contributed by atoms with E-state index in [2.05, 4.69) is 5.43 Å². The maximum Gasteiger partial charge on any atom is 0.124 e. The Bertz CT molecular complexity index is 252. The van der Waals surface area contributed by atoms with E-state index in [-0.39, 0.29) is 5.82 Å². The van der Waals surface area contributed by atoms with Gasteiger partial charge in [0.25, 0.3) is 0 Å². The zero-order chi connectivity index (χ0) is 8.27. The highest BCUT2D eigenvalue weighted by Gasteiger charge is 1.99. The lowest BCUT2D eigenvalue weighted by molar-refractivity contribution is 0.626. The third-order valence-corrected chi connectivity index (χ3v) is 1.66. The molecule has 0 spiro atoms. The van der Waals surface area contributed by atoms with Gasteiger partial charge in [0.05, 0.1) is 0 Å². The first kappa shape index (κ1) is 8.46. The molecule has 0 heterocycles. The number of hydrazine groups is 1. The minimum Gasteiger partial charge on any atom is -0.271 e. The van der Waals surface area contributed by atoms with Crippen LogP contribution in [0.5, 0.6) is 0 Å². The Morgan fingerprint density at radius 3 is 2.82 bits per heavy atom. The van der Waals surface area contributed by atoms with Crippen LogP contribution in [0, 0.1) is 5.82 Å². The van der Waals surface area contributed by atoms with Gasteiger partial charge in [-0.15, -0.1) is 0 Å². The minimum atomic E-state index is -0.337. The Labute approximate surface area is 69.1 Å². The predicted molar refractivity (Wildman–Crippen MR) is 42.4 cm³/mol. The molecule has 0 aromatic heterocycles. The van der Waals surface area contributed by atoms with Crippen LogP contribution in [-0.4, -0.2) is 0 Å². The van der Waals surface area contributed by atoms with Gasteiger partial charge in [-0.1, -0.05) is 17.7 Å². The monoisotopic (exact) mass is 174 g/mol. The Morgan fingerprint density at radius 1 is 1.55 bits per heavy atom. The average Bonchev–Trinajstić information content (AvgIpc) is 1.95. The quantitative estimate of drug-likeness (QED) is 0.526. The molecule has 1 aromatic rings. The maximum absolute atomic E-state index is 12.5. The number of benzene rings is 1. The second kappa shape index (κ2) is 3.67. The summed E-state index contributed by atoms with van der Waals surface area (Å²) in [6.45, 7) is 0.444. The van der Waals surface area contributed by atoms with Crippen molar-refractivity contribution < 1.29 is 4.39 Å². The zero-order valence-electron chi connectivity index (χ0n) is 5.77. The highest BCUT2D eigenvalue weighted by molar-refractivity contribution is 6.31. The van der Waals surface area contributed by atoms with Crippen LogP contribution in [0.2, 0.25) is 5.02 Å². The van der Waals surface area contributed by atoms with Crippen LogP contribution in [0.25, 0.3) is 0 Å². The van der Waals surface area contributed by atoms with E-state index >= 15 is 0 Å². The lowest BCUT2D eigenvalue weighted by Gasteiger charge is -2.01. The van der Waals surface area contributed by atoms with Crippen LogP contribution < -0.4 is 11.3 Å². The van der Waals surface area contributed by atoms with E-state index < -0.39 is 0 Å². The third kappa shape index (κ3) is 2.15. The molecule has 0 bridgehead atoms. The van der Waals surface area contributed by atoms with E-state index in [9.17, 15) is 4.39 Å². The van der Waals surface area contributed by atoms with E-state index in [1.165, 1.54) is 12.1 Å². The van der Waals surface area contributed by atoms with Gasteiger partial charge < -0.3 is 0 Å². The molecule has 0 aliphatic carbocycles. The topological polar surface area (TPSA) is 38.0 Å². The smallest absolute Gasteiger partial charge is 0.124 e. The summed E-state index contributed by atoms with van der Waals surface area (Å²) in [6, 6.07) is 4.20. The van der Waals surface area contributed by atoms with E-state index in [4.69, 9.17) is 17.4 Å². The molecule has 0 aliphatic rings. The number of halogens is 2. The predicted octanol–water partition coefficient (Wildman–Crippen LogP) is 1.44. The first-order chi connectivity index (χ1) is 5.24. The van der Waals surface area contributed by atoms with Crippen molar-refractivity contribution in [3.63, 3.8) is 0 Å². The second-order valence-corrected chi connectivity index (χ2v) is 2.52. The lowest BCUT2D eigenvalue weighted by Crippen LogP contribution is -2.20. The maximum atomic E-state index is 12.5. The molecule has 2 nitrogen and oxygen atoms in total.